The van der Waals surface area contributed by atoms with Crippen molar-refractivity contribution in [1.29, 1.82) is 0 Å². The van der Waals surface area contributed by atoms with Crippen molar-refractivity contribution in [1.82, 2.24) is 15.2 Å². The molecular weight excluding hydrogens is 419 g/mol. The monoisotopic (exact) mass is 444 g/mol. The lowest BCUT2D eigenvalue weighted by atomic mass is 10.1. The zero-order chi connectivity index (χ0) is 21.8. The molecule has 0 aliphatic carbocycles. The summed E-state index contributed by atoms with van der Waals surface area (Å²) in [5.74, 6) is 0.678. The standard InChI is InChI=1S/C22H25FN4O3S/c1-29-15-6-7-16(18(14-15)30-2)21(28)24-8-9-26-10-12-27(13-11-26)22-25-20-17(23)4-3-5-19(20)31-22/h3-7,14H,8-13H2,1-2H3,(H,24,28). The van der Waals surface area contributed by atoms with E-state index in [1.54, 1.807) is 31.4 Å². The summed E-state index contributed by atoms with van der Waals surface area (Å²) in [6.07, 6.45) is 0. The lowest BCUT2D eigenvalue weighted by Crippen LogP contribution is -2.48. The molecule has 9 heteroatoms. The zero-order valence-electron chi connectivity index (χ0n) is 17.6. The van der Waals surface area contributed by atoms with Crippen LogP contribution in [0.25, 0.3) is 10.2 Å². The molecule has 3 aromatic rings. The number of hydrogen-bond acceptors (Lipinski definition) is 7. The van der Waals surface area contributed by atoms with Crippen LogP contribution in [0.3, 0.4) is 0 Å². The van der Waals surface area contributed by atoms with Crippen molar-refractivity contribution in [3.05, 3.63) is 47.8 Å². The maximum atomic E-state index is 13.9. The number of fused-ring (bicyclic) bond motifs is 1. The number of nitrogens with one attached hydrogen (secondary N) is 1. The number of carbonyl (C=O) groups excluding carboxylic acids is 1. The number of nitrogens with zero attached hydrogens (tertiary/aromatic N) is 3. The molecule has 164 valence electrons. The van der Waals surface area contributed by atoms with Crippen molar-refractivity contribution in [3.63, 3.8) is 0 Å². The topological polar surface area (TPSA) is 66.9 Å². The number of benzene rings is 2. The number of carbonyl (C=O) groups is 1. The van der Waals surface area contributed by atoms with Gasteiger partial charge in [0.25, 0.3) is 5.91 Å². The van der Waals surface area contributed by atoms with Crippen LogP contribution in [0.15, 0.2) is 36.4 Å². The van der Waals surface area contributed by atoms with Crippen molar-refractivity contribution >= 4 is 32.6 Å². The van der Waals surface area contributed by atoms with Gasteiger partial charge in [-0.3, -0.25) is 9.69 Å². The molecule has 7 nitrogen and oxygen atoms in total. The van der Waals surface area contributed by atoms with E-state index in [9.17, 15) is 9.18 Å². The average molecular weight is 445 g/mol. The van der Waals surface area contributed by atoms with Crippen LogP contribution in [0.4, 0.5) is 9.52 Å². The molecule has 4 rings (SSSR count). The summed E-state index contributed by atoms with van der Waals surface area (Å²) in [5, 5.41) is 3.82. The Bertz CT molecular complexity index is 1070. The molecule has 1 aliphatic rings. The van der Waals surface area contributed by atoms with E-state index in [0.717, 1.165) is 42.6 Å². The van der Waals surface area contributed by atoms with Crippen LogP contribution in [0, 0.1) is 5.82 Å². The van der Waals surface area contributed by atoms with Gasteiger partial charge >= 0.3 is 0 Å². The first kappa shape index (κ1) is 21.3. The van der Waals surface area contributed by atoms with Gasteiger partial charge in [-0.15, -0.1) is 0 Å². The number of piperazine rings is 1. The molecule has 0 radical (unpaired) electrons. The number of rotatable bonds is 7. The van der Waals surface area contributed by atoms with Crippen molar-refractivity contribution in [2.75, 3.05) is 58.4 Å². The number of aromatic nitrogens is 1. The minimum Gasteiger partial charge on any atom is -0.497 e. The predicted octanol–water partition coefficient (Wildman–Crippen LogP) is 3.00. The Morgan fingerprint density at radius 3 is 2.68 bits per heavy atom. The normalized spacial score (nSPS) is 14.6. The van der Waals surface area contributed by atoms with E-state index < -0.39 is 0 Å². The van der Waals surface area contributed by atoms with Crippen molar-refractivity contribution in [3.8, 4) is 11.5 Å². The van der Waals surface area contributed by atoms with Gasteiger partial charge in [0.05, 0.1) is 24.5 Å². The second-order valence-electron chi connectivity index (χ2n) is 7.23. The van der Waals surface area contributed by atoms with E-state index in [0.29, 0.717) is 29.1 Å². The quantitative estimate of drug-likeness (QED) is 0.604. The molecule has 0 unspecified atom stereocenters. The summed E-state index contributed by atoms with van der Waals surface area (Å²) in [6.45, 7) is 4.66. The molecule has 1 fully saturated rings. The Kier molecular flexibility index (Phi) is 6.53. The fraction of sp³-hybridized carbons (Fsp3) is 0.364. The van der Waals surface area contributed by atoms with Crippen LogP contribution in [0.2, 0.25) is 0 Å². The zero-order valence-corrected chi connectivity index (χ0v) is 18.4. The molecule has 1 aliphatic heterocycles. The number of thiazole rings is 1. The van der Waals surface area contributed by atoms with Crippen molar-refractivity contribution < 1.29 is 18.7 Å². The number of amides is 1. The van der Waals surface area contributed by atoms with Crippen LogP contribution in [-0.2, 0) is 0 Å². The third-order valence-corrected chi connectivity index (χ3v) is 6.45. The second-order valence-corrected chi connectivity index (χ2v) is 8.24. The number of halogens is 1. The van der Waals surface area contributed by atoms with Gasteiger partial charge in [-0.05, 0) is 24.3 Å². The highest BCUT2D eigenvalue weighted by atomic mass is 32.1. The molecule has 0 atom stereocenters. The van der Waals surface area contributed by atoms with Gasteiger partial charge in [-0.25, -0.2) is 9.37 Å². The molecule has 0 saturated carbocycles. The highest BCUT2D eigenvalue weighted by Crippen LogP contribution is 2.30. The molecule has 1 saturated heterocycles. The fourth-order valence-electron chi connectivity index (χ4n) is 3.61. The lowest BCUT2D eigenvalue weighted by molar-refractivity contribution is 0.0944. The van der Waals surface area contributed by atoms with Gasteiger partial charge in [0, 0.05) is 45.3 Å². The van der Waals surface area contributed by atoms with Crippen LogP contribution >= 0.6 is 11.3 Å². The Morgan fingerprint density at radius 1 is 1.16 bits per heavy atom. The number of hydrogen-bond donors (Lipinski definition) is 1. The van der Waals surface area contributed by atoms with E-state index >= 15 is 0 Å². The number of methoxy groups -OCH3 is 2. The Labute approximate surface area is 184 Å². The van der Waals surface area contributed by atoms with Gasteiger partial charge < -0.3 is 19.7 Å². The molecule has 1 amide bonds. The van der Waals surface area contributed by atoms with E-state index in [1.807, 2.05) is 6.07 Å². The summed E-state index contributed by atoms with van der Waals surface area (Å²) in [4.78, 5) is 21.5. The minimum absolute atomic E-state index is 0.172. The van der Waals surface area contributed by atoms with E-state index in [4.69, 9.17) is 9.47 Å². The second kappa shape index (κ2) is 9.49. The summed E-state index contributed by atoms with van der Waals surface area (Å²) < 4.78 is 25.3. The summed E-state index contributed by atoms with van der Waals surface area (Å²) in [7, 11) is 3.11. The van der Waals surface area contributed by atoms with Gasteiger partial charge in [0.15, 0.2) is 5.13 Å². The molecule has 1 N–H and O–H groups in total. The Hall–Kier alpha value is -2.91. The first-order valence-electron chi connectivity index (χ1n) is 10.1. The SMILES string of the molecule is COc1ccc(C(=O)NCCN2CCN(c3nc4c(F)cccc4s3)CC2)c(OC)c1. The van der Waals surface area contributed by atoms with E-state index in [2.05, 4.69) is 20.1 Å². The first-order chi connectivity index (χ1) is 15.1. The molecule has 0 bridgehead atoms. The first-order valence-corrected chi connectivity index (χ1v) is 10.9. The third-order valence-electron chi connectivity index (χ3n) is 5.37. The van der Waals surface area contributed by atoms with Gasteiger partial charge in [0.2, 0.25) is 0 Å². The molecular formula is C22H25FN4O3S. The molecule has 0 spiro atoms. The highest BCUT2D eigenvalue weighted by Gasteiger charge is 2.21. The minimum atomic E-state index is -0.275. The molecule has 1 aromatic heterocycles. The number of para-hydroxylation sites is 1. The summed E-state index contributed by atoms with van der Waals surface area (Å²) >= 11 is 1.52. The number of anilines is 1. The smallest absolute Gasteiger partial charge is 0.255 e. The number of ether oxygens (including phenoxy) is 2. The van der Waals surface area contributed by atoms with Crippen LogP contribution < -0.4 is 19.7 Å². The summed E-state index contributed by atoms with van der Waals surface area (Å²) in [5.41, 5.74) is 0.929. The van der Waals surface area contributed by atoms with Crippen LogP contribution in [0.5, 0.6) is 11.5 Å². The maximum Gasteiger partial charge on any atom is 0.255 e. The van der Waals surface area contributed by atoms with Crippen LogP contribution in [-0.4, -0.2) is 69.3 Å². The lowest BCUT2D eigenvalue weighted by Gasteiger charge is -2.34. The Morgan fingerprint density at radius 2 is 1.97 bits per heavy atom. The fourth-order valence-corrected chi connectivity index (χ4v) is 4.64. The predicted molar refractivity (Wildman–Crippen MR) is 120 cm³/mol. The largest absolute Gasteiger partial charge is 0.497 e. The van der Waals surface area contributed by atoms with Gasteiger partial charge in [0.1, 0.15) is 22.8 Å². The Balaban J connectivity index is 1.27. The van der Waals surface area contributed by atoms with E-state index in [1.165, 1.54) is 24.5 Å². The average Bonchev–Trinajstić information content (AvgIpc) is 3.25. The summed E-state index contributed by atoms with van der Waals surface area (Å²) in [6, 6.07) is 10.2. The molecule has 31 heavy (non-hydrogen) atoms. The van der Waals surface area contributed by atoms with Crippen molar-refractivity contribution in [2.24, 2.45) is 0 Å². The van der Waals surface area contributed by atoms with Crippen LogP contribution in [0.1, 0.15) is 10.4 Å². The highest BCUT2D eigenvalue weighted by molar-refractivity contribution is 7.22. The van der Waals surface area contributed by atoms with Gasteiger partial charge in [-0.2, -0.15) is 0 Å². The maximum absolute atomic E-state index is 13.9. The molecule has 2 heterocycles. The third kappa shape index (κ3) is 4.72. The molecule has 2 aromatic carbocycles. The van der Waals surface area contributed by atoms with E-state index in [-0.39, 0.29) is 11.7 Å². The van der Waals surface area contributed by atoms with Gasteiger partial charge in [-0.1, -0.05) is 17.4 Å². The van der Waals surface area contributed by atoms with Crippen molar-refractivity contribution in [2.45, 2.75) is 0 Å².